The molecule has 3 fully saturated rings. The Labute approximate surface area is 220 Å². The largest absolute Gasteiger partial charge is 0.481 e. The Kier molecular flexibility index (Phi) is 7.93. The van der Waals surface area contributed by atoms with Crippen LogP contribution in [-0.4, -0.2) is 90.7 Å². The van der Waals surface area contributed by atoms with Crippen LogP contribution in [0.5, 0.6) is 5.88 Å². The van der Waals surface area contributed by atoms with Crippen LogP contribution in [0.15, 0.2) is 12.1 Å². The lowest BCUT2D eigenvalue weighted by Gasteiger charge is -2.39. The molecule has 0 spiro atoms. The smallest absolute Gasteiger partial charge is 0.248 e. The molecule has 0 aromatic carbocycles. The molecule has 37 heavy (non-hydrogen) atoms. The molecule has 11 nitrogen and oxygen atoms in total. The van der Waals surface area contributed by atoms with Gasteiger partial charge in [0.15, 0.2) is 5.13 Å². The molecule has 2 saturated heterocycles. The molecule has 2 aliphatic heterocycles. The minimum Gasteiger partial charge on any atom is -0.481 e. The minimum absolute atomic E-state index is 0.185. The second kappa shape index (κ2) is 11.2. The summed E-state index contributed by atoms with van der Waals surface area (Å²) in [6.45, 7) is 1.43. The number of amides is 2. The summed E-state index contributed by atoms with van der Waals surface area (Å²) in [5.41, 5.74) is 0.642. The Hall–Kier alpha value is -2.35. The lowest BCUT2D eigenvalue weighted by atomic mass is 9.91. The third-order valence-corrected chi connectivity index (χ3v) is 10.8. The van der Waals surface area contributed by atoms with Crippen molar-refractivity contribution in [1.82, 2.24) is 19.2 Å². The van der Waals surface area contributed by atoms with Crippen LogP contribution in [0.4, 0.5) is 5.13 Å². The summed E-state index contributed by atoms with van der Waals surface area (Å²) in [5.74, 6) is 0.0370. The number of nitrogens with zero attached hydrogens (tertiary/aromatic N) is 4. The van der Waals surface area contributed by atoms with Gasteiger partial charge in [0.25, 0.3) is 0 Å². The zero-order valence-corrected chi connectivity index (χ0v) is 22.6. The van der Waals surface area contributed by atoms with E-state index in [9.17, 15) is 18.0 Å². The molecule has 5 rings (SSSR count). The van der Waals surface area contributed by atoms with Crippen molar-refractivity contribution in [1.29, 1.82) is 0 Å². The fourth-order valence-corrected chi connectivity index (χ4v) is 8.25. The minimum atomic E-state index is -3.52. The first-order valence-electron chi connectivity index (χ1n) is 12.8. The van der Waals surface area contributed by atoms with E-state index in [0.29, 0.717) is 53.8 Å². The summed E-state index contributed by atoms with van der Waals surface area (Å²) in [5, 5.41) is 2.89. The highest BCUT2D eigenvalue weighted by Gasteiger charge is 2.41. The number of ether oxygens (including phenoxy) is 2. The van der Waals surface area contributed by atoms with Gasteiger partial charge in [-0.25, -0.2) is 18.4 Å². The molecule has 1 N–H and O–H groups in total. The lowest BCUT2D eigenvalue weighted by Crippen LogP contribution is -2.59. The van der Waals surface area contributed by atoms with Gasteiger partial charge in [-0.3, -0.25) is 9.59 Å². The third-order valence-electron chi connectivity index (χ3n) is 7.55. The summed E-state index contributed by atoms with van der Waals surface area (Å²) in [7, 11) is -1.98. The number of hydrogen-bond acceptors (Lipinski definition) is 9. The molecule has 0 bridgehead atoms. The van der Waals surface area contributed by atoms with Gasteiger partial charge in [-0.1, -0.05) is 24.2 Å². The van der Waals surface area contributed by atoms with Gasteiger partial charge in [0.05, 0.1) is 18.9 Å². The number of nitrogens with one attached hydrogen (secondary N) is 1. The van der Waals surface area contributed by atoms with Crippen molar-refractivity contribution in [3.05, 3.63) is 12.1 Å². The van der Waals surface area contributed by atoms with Crippen molar-refractivity contribution in [2.24, 2.45) is 5.92 Å². The van der Waals surface area contributed by atoms with Crippen LogP contribution in [0.1, 0.15) is 44.9 Å². The second-order valence-electron chi connectivity index (χ2n) is 9.87. The zero-order chi connectivity index (χ0) is 26.0. The van der Waals surface area contributed by atoms with E-state index >= 15 is 0 Å². The van der Waals surface area contributed by atoms with Crippen LogP contribution in [0, 0.1) is 5.92 Å². The number of hydrogen-bond donors (Lipinski definition) is 1. The van der Waals surface area contributed by atoms with Crippen molar-refractivity contribution in [2.45, 2.75) is 56.2 Å². The fourth-order valence-electron chi connectivity index (χ4n) is 5.44. The van der Waals surface area contributed by atoms with Crippen molar-refractivity contribution in [2.75, 3.05) is 45.3 Å². The molecule has 2 amide bonds. The number of piperazine rings is 1. The second-order valence-corrected chi connectivity index (χ2v) is 13.1. The van der Waals surface area contributed by atoms with Gasteiger partial charge in [-0.15, -0.1) is 0 Å². The highest BCUT2D eigenvalue weighted by atomic mass is 32.2. The van der Waals surface area contributed by atoms with Gasteiger partial charge in [-0.2, -0.15) is 4.31 Å². The Balaban J connectivity index is 1.32. The Bertz CT molecular complexity index is 1240. The average Bonchev–Trinajstić information content (AvgIpc) is 3.58. The van der Waals surface area contributed by atoms with E-state index in [4.69, 9.17) is 9.47 Å². The predicted molar refractivity (Wildman–Crippen MR) is 139 cm³/mol. The molecule has 1 saturated carbocycles. The molecular formula is C24H33N5O6S2. The number of methoxy groups -OCH3 is 1. The first-order chi connectivity index (χ1) is 17.8. The molecule has 202 valence electrons. The van der Waals surface area contributed by atoms with E-state index in [1.807, 2.05) is 0 Å². The molecule has 1 atom stereocenters. The number of rotatable bonds is 8. The third kappa shape index (κ3) is 5.74. The number of thiazole rings is 1. The Morgan fingerprint density at radius 1 is 1.19 bits per heavy atom. The summed E-state index contributed by atoms with van der Waals surface area (Å²) >= 11 is 1.24. The van der Waals surface area contributed by atoms with Gasteiger partial charge in [-0.05, 0) is 44.1 Å². The number of pyridine rings is 1. The van der Waals surface area contributed by atoms with Crippen molar-refractivity contribution in [3.63, 3.8) is 0 Å². The van der Waals surface area contributed by atoms with E-state index in [1.54, 1.807) is 17.0 Å². The molecule has 13 heteroatoms. The molecule has 0 radical (unpaired) electrons. The van der Waals surface area contributed by atoms with Gasteiger partial charge >= 0.3 is 0 Å². The molecule has 2 aromatic heterocycles. The maximum atomic E-state index is 13.6. The highest BCUT2D eigenvalue weighted by molar-refractivity contribution is 7.89. The highest BCUT2D eigenvalue weighted by Crippen LogP contribution is 2.31. The lowest BCUT2D eigenvalue weighted by molar-refractivity contribution is -0.142. The first kappa shape index (κ1) is 26.3. The molecule has 2 aromatic rings. The number of fused-ring (bicyclic) bond motifs is 1. The van der Waals surface area contributed by atoms with Crippen LogP contribution in [0.3, 0.4) is 0 Å². The normalized spacial score (nSPS) is 21.4. The molecule has 4 heterocycles. The van der Waals surface area contributed by atoms with Gasteiger partial charge in [0.2, 0.25) is 27.7 Å². The topological polar surface area (TPSA) is 131 Å². The number of aromatic nitrogens is 2. The van der Waals surface area contributed by atoms with E-state index < -0.39 is 21.3 Å². The molecular weight excluding hydrogens is 518 g/mol. The summed E-state index contributed by atoms with van der Waals surface area (Å²) in [6.07, 6.45) is 5.23. The van der Waals surface area contributed by atoms with Crippen LogP contribution in [-0.2, 0) is 24.3 Å². The van der Waals surface area contributed by atoms with E-state index in [0.717, 1.165) is 25.7 Å². The number of anilines is 1. The van der Waals surface area contributed by atoms with Crippen molar-refractivity contribution in [3.8, 4) is 5.88 Å². The fraction of sp³-hybridized carbons (Fsp3) is 0.667. The molecule has 1 aliphatic carbocycles. The number of carbonyl (C=O) groups excluding carboxylic acids is 2. The SMILES string of the molecule is COc1ccc2nc(NC(=O)C(CC3CCOCC3)N3CCN(S(=O)(=O)C4CCCC4)CC3=O)sc2n1. The molecule has 3 aliphatic rings. The predicted octanol–water partition coefficient (Wildman–Crippen LogP) is 2.24. The number of sulfonamides is 1. The van der Waals surface area contributed by atoms with Crippen molar-refractivity contribution < 1.29 is 27.5 Å². The van der Waals surface area contributed by atoms with Gasteiger partial charge < -0.3 is 19.7 Å². The Morgan fingerprint density at radius 2 is 1.95 bits per heavy atom. The van der Waals surface area contributed by atoms with Gasteiger partial charge in [0, 0.05) is 32.4 Å². The van der Waals surface area contributed by atoms with E-state index in [-0.39, 0.29) is 37.4 Å². The monoisotopic (exact) mass is 551 g/mol. The van der Waals surface area contributed by atoms with Crippen LogP contribution < -0.4 is 10.1 Å². The quantitative estimate of drug-likeness (QED) is 0.529. The number of carbonyl (C=O) groups is 2. The van der Waals surface area contributed by atoms with Gasteiger partial charge in [0.1, 0.15) is 16.4 Å². The zero-order valence-electron chi connectivity index (χ0n) is 20.9. The molecule has 1 unspecified atom stereocenters. The van der Waals surface area contributed by atoms with Crippen LogP contribution >= 0.6 is 11.3 Å². The maximum Gasteiger partial charge on any atom is 0.248 e. The van der Waals surface area contributed by atoms with Crippen LogP contribution in [0.2, 0.25) is 0 Å². The average molecular weight is 552 g/mol. The summed E-state index contributed by atoms with van der Waals surface area (Å²) in [4.78, 5) is 37.9. The Morgan fingerprint density at radius 3 is 2.65 bits per heavy atom. The standard InChI is InChI=1S/C24H33N5O6S2/c1-34-20-7-6-18-23(26-20)36-24(25-18)27-22(31)19(14-16-8-12-35-13-9-16)29-11-10-28(15-21(29)30)37(32,33)17-4-2-3-5-17/h6-7,16-17,19H,2-5,8-15H2,1H3,(H,25,27,31). The maximum absolute atomic E-state index is 13.6. The summed E-state index contributed by atoms with van der Waals surface area (Å²) < 4.78 is 38.1. The van der Waals surface area contributed by atoms with E-state index in [2.05, 4.69) is 15.3 Å². The van der Waals surface area contributed by atoms with E-state index in [1.165, 1.54) is 22.8 Å². The summed E-state index contributed by atoms with van der Waals surface area (Å²) in [6, 6.07) is 2.76. The van der Waals surface area contributed by atoms with Crippen molar-refractivity contribution >= 4 is 48.7 Å². The first-order valence-corrected chi connectivity index (χ1v) is 15.2. The van der Waals surface area contributed by atoms with Crippen LogP contribution in [0.25, 0.3) is 10.3 Å².